The van der Waals surface area contributed by atoms with Crippen LogP contribution in [0.5, 0.6) is 0 Å². The van der Waals surface area contributed by atoms with Gasteiger partial charge < -0.3 is 4.74 Å². The minimum Gasteiger partial charge on any atom is -0.461 e. The Bertz CT molecular complexity index is 443. The Morgan fingerprint density at radius 1 is 1.78 bits per heavy atom. The Morgan fingerprint density at radius 3 is 3.17 bits per heavy atom. The first-order valence-electron chi connectivity index (χ1n) is 5.61. The summed E-state index contributed by atoms with van der Waals surface area (Å²) < 4.78 is 4.90. The Kier molecular flexibility index (Phi) is 3.89. The Labute approximate surface area is 110 Å². The van der Waals surface area contributed by atoms with Crippen LogP contribution in [0.15, 0.2) is 17.3 Å². The van der Waals surface area contributed by atoms with Crippen molar-refractivity contribution in [3.8, 4) is 6.07 Å². The molecule has 0 amide bonds. The summed E-state index contributed by atoms with van der Waals surface area (Å²) in [6, 6.07) is 2.24. The van der Waals surface area contributed by atoms with E-state index in [0.29, 0.717) is 6.61 Å². The number of fused-ring (bicyclic) bond motifs is 1. The number of aliphatic imine (C=N–C) groups is 1. The quantitative estimate of drug-likeness (QED) is 0.749. The molecule has 1 N–H and O–H groups in total. The molecule has 2 aliphatic rings. The average Bonchev–Trinajstić information content (AvgIpc) is 2.75. The summed E-state index contributed by atoms with van der Waals surface area (Å²) in [5, 5.41) is 10.9. The van der Waals surface area contributed by atoms with Gasteiger partial charge in [-0.25, -0.2) is 15.2 Å². The molecule has 7 heteroatoms. The summed E-state index contributed by atoms with van der Waals surface area (Å²) in [6.45, 7) is 2.06. The molecule has 18 heavy (non-hydrogen) atoms. The number of hydrogen-bond donors (Lipinski definition) is 1. The highest BCUT2D eigenvalue weighted by molar-refractivity contribution is 7.99. The van der Waals surface area contributed by atoms with E-state index in [9.17, 15) is 10.1 Å². The van der Waals surface area contributed by atoms with Crippen LogP contribution in [0.3, 0.4) is 0 Å². The van der Waals surface area contributed by atoms with E-state index in [1.165, 1.54) is 0 Å². The van der Waals surface area contributed by atoms with Crippen molar-refractivity contribution in [3.05, 3.63) is 12.3 Å². The van der Waals surface area contributed by atoms with Gasteiger partial charge in [0.25, 0.3) is 0 Å². The first-order valence-corrected chi connectivity index (χ1v) is 6.90. The van der Waals surface area contributed by atoms with Gasteiger partial charge in [0.2, 0.25) is 0 Å². The van der Waals surface area contributed by atoms with Crippen LogP contribution in [0.1, 0.15) is 6.92 Å². The molecule has 0 bridgehead atoms. The van der Waals surface area contributed by atoms with E-state index in [0.717, 1.165) is 0 Å². The Morgan fingerprint density at radius 2 is 2.56 bits per heavy atom. The Balaban J connectivity index is 2.19. The summed E-state index contributed by atoms with van der Waals surface area (Å²) in [6.07, 6.45) is 4.89. The number of ether oxygens (including phenoxy) is 1. The van der Waals surface area contributed by atoms with Gasteiger partial charge in [0.15, 0.2) is 6.17 Å². The average molecular weight is 266 g/mol. The lowest BCUT2D eigenvalue weighted by Gasteiger charge is -2.23. The van der Waals surface area contributed by atoms with Gasteiger partial charge in [0, 0.05) is 6.20 Å². The van der Waals surface area contributed by atoms with E-state index >= 15 is 0 Å². The number of hydrogen-bond acceptors (Lipinski definition) is 7. The highest BCUT2D eigenvalue weighted by atomic mass is 32.2. The van der Waals surface area contributed by atoms with E-state index in [-0.39, 0.29) is 23.2 Å². The molecule has 2 heterocycles. The number of nitrogens with zero attached hydrogens (tertiary/aromatic N) is 3. The number of thioether (sulfide) groups is 1. The lowest BCUT2D eigenvalue weighted by Crippen LogP contribution is -2.37. The molecule has 6 nitrogen and oxygen atoms in total. The third-order valence-corrected chi connectivity index (χ3v) is 3.67. The number of hydrazine groups is 1. The number of nitrogens with one attached hydrogen (secondary N) is 1. The second-order valence-electron chi connectivity index (χ2n) is 3.81. The molecule has 0 aromatic rings. The van der Waals surface area contributed by atoms with Gasteiger partial charge in [-0.05, 0) is 19.3 Å². The van der Waals surface area contributed by atoms with Crippen molar-refractivity contribution in [2.24, 2.45) is 10.9 Å². The van der Waals surface area contributed by atoms with E-state index in [2.05, 4.69) is 16.5 Å². The van der Waals surface area contributed by atoms with Gasteiger partial charge in [-0.2, -0.15) is 5.26 Å². The zero-order valence-corrected chi connectivity index (χ0v) is 11.0. The fraction of sp³-hybridized carbons (Fsp3) is 0.545. The molecule has 1 fully saturated rings. The van der Waals surface area contributed by atoms with E-state index in [1.807, 2.05) is 6.26 Å². The second kappa shape index (κ2) is 5.42. The van der Waals surface area contributed by atoms with Crippen LogP contribution in [-0.2, 0) is 9.53 Å². The molecule has 0 spiro atoms. The van der Waals surface area contributed by atoms with Crippen LogP contribution < -0.4 is 5.43 Å². The van der Waals surface area contributed by atoms with E-state index < -0.39 is 5.97 Å². The molecule has 1 saturated heterocycles. The summed E-state index contributed by atoms with van der Waals surface area (Å²) in [4.78, 5) is 15.9. The van der Waals surface area contributed by atoms with Crippen molar-refractivity contribution in [1.29, 1.82) is 5.26 Å². The van der Waals surface area contributed by atoms with Crippen molar-refractivity contribution in [2.75, 3.05) is 12.9 Å². The Hall–Kier alpha value is -1.52. The van der Waals surface area contributed by atoms with E-state index in [4.69, 9.17) is 4.74 Å². The minimum atomic E-state index is -0.447. The number of rotatable bonds is 3. The highest BCUT2D eigenvalue weighted by Gasteiger charge is 2.42. The molecule has 96 valence electrons. The third-order valence-electron chi connectivity index (χ3n) is 2.76. The zero-order chi connectivity index (χ0) is 13.1. The van der Waals surface area contributed by atoms with Gasteiger partial charge >= 0.3 is 5.97 Å². The van der Waals surface area contributed by atoms with Gasteiger partial charge in [-0.3, -0.25) is 5.01 Å². The zero-order valence-electron chi connectivity index (χ0n) is 10.2. The fourth-order valence-electron chi connectivity index (χ4n) is 1.90. The second-order valence-corrected chi connectivity index (χ2v) is 4.79. The molecule has 0 aromatic carbocycles. The van der Waals surface area contributed by atoms with Crippen molar-refractivity contribution in [1.82, 2.24) is 10.4 Å². The van der Waals surface area contributed by atoms with Gasteiger partial charge in [-0.1, -0.05) is 0 Å². The standard InChI is InChI=1S/C11H14N4O2S/c1-3-17-11(16)8-4-5-15-9(13-8)7(6-12)10(14-15)18-2/h4-5,7,9-10,14H,3H2,1-2H3. The lowest BCUT2D eigenvalue weighted by atomic mass is 10.1. The molecule has 0 radical (unpaired) electrons. The maximum atomic E-state index is 11.6. The van der Waals surface area contributed by atoms with Crippen LogP contribution >= 0.6 is 11.8 Å². The number of carbonyl (C=O) groups is 1. The maximum absolute atomic E-state index is 11.6. The highest BCUT2D eigenvalue weighted by Crippen LogP contribution is 2.30. The summed E-state index contributed by atoms with van der Waals surface area (Å²) in [5.74, 6) is -0.743. The fourth-order valence-corrected chi connectivity index (χ4v) is 2.62. The molecule has 0 aromatic heterocycles. The van der Waals surface area contributed by atoms with Crippen LogP contribution in [0.2, 0.25) is 0 Å². The summed E-state index contributed by atoms with van der Waals surface area (Å²) >= 11 is 1.56. The largest absolute Gasteiger partial charge is 0.461 e. The first-order chi connectivity index (χ1) is 8.71. The number of esters is 1. The first kappa shape index (κ1) is 12.9. The van der Waals surface area contributed by atoms with Crippen molar-refractivity contribution in [3.63, 3.8) is 0 Å². The van der Waals surface area contributed by atoms with Crippen LogP contribution in [0.25, 0.3) is 0 Å². The molecular weight excluding hydrogens is 252 g/mol. The molecule has 3 unspecified atom stereocenters. The third kappa shape index (κ3) is 2.21. The molecule has 0 saturated carbocycles. The van der Waals surface area contributed by atoms with Gasteiger partial charge in [0.05, 0.1) is 18.0 Å². The smallest absolute Gasteiger partial charge is 0.356 e. The normalized spacial score (nSPS) is 29.5. The van der Waals surface area contributed by atoms with Gasteiger partial charge in [-0.15, -0.1) is 11.8 Å². The van der Waals surface area contributed by atoms with Crippen LogP contribution in [0, 0.1) is 17.2 Å². The molecule has 2 aliphatic heterocycles. The summed E-state index contributed by atoms with van der Waals surface area (Å²) in [7, 11) is 0. The van der Waals surface area contributed by atoms with Gasteiger partial charge in [0.1, 0.15) is 11.6 Å². The molecular formula is C11H14N4O2S. The molecule has 2 rings (SSSR count). The van der Waals surface area contributed by atoms with E-state index in [1.54, 1.807) is 36.0 Å². The predicted molar refractivity (Wildman–Crippen MR) is 68.4 cm³/mol. The number of nitriles is 1. The van der Waals surface area contributed by atoms with Crippen molar-refractivity contribution >= 4 is 23.4 Å². The topological polar surface area (TPSA) is 77.7 Å². The van der Waals surface area contributed by atoms with Crippen LogP contribution in [-0.4, -0.2) is 41.1 Å². The van der Waals surface area contributed by atoms with Crippen LogP contribution in [0.4, 0.5) is 0 Å². The SMILES string of the molecule is CCOC(=O)C1=NC2C(C#N)C(SC)NN2C=C1. The maximum Gasteiger partial charge on any atom is 0.356 e. The summed E-state index contributed by atoms with van der Waals surface area (Å²) in [5.41, 5.74) is 3.43. The lowest BCUT2D eigenvalue weighted by molar-refractivity contribution is -0.135. The van der Waals surface area contributed by atoms with Crippen molar-refractivity contribution < 1.29 is 9.53 Å². The monoisotopic (exact) mass is 266 g/mol. The number of carbonyl (C=O) groups excluding carboxylic acids is 1. The molecule has 0 aliphatic carbocycles. The predicted octanol–water partition coefficient (Wildman–Crippen LogP) is 0.493. The minimum absolute atomic E-state index is 0.0186. The van der Waals surface area contributed by atoms with Crippen molar-refractivity contribution in [2.45, 2.75) is 18.5 Å². The molecule has 3 atom stereocenters.